The van der Waals surface area contributed by atoms with Crippen molar-refractivity contribution in [2.24, 2.45) is 11.3 Å². The highest BCUT2D eigenvalue weighted by atomic mass is 16.1. The minimum Gasteiger partial charge on any atom is -0.399 e. The fraction of sp³-hybridized carbons (Fsp3) is 0.500. The van der Waals surface area contributed by atoms with Crippen LogP contribution in [0.3, 0.4) is 0 Å². The van der Waals surface area contributed by atoms with Gasteiger partial charge in [0.25, 0.3) is 0 Å². The zero-order chi connectivity index (χ0) is 15.5. The van der Waals surface area contributed by atoms with E-state index in [0.29, 0.717) is 11.5 Å². The highest BCUT2D eigenvalue weighted by Gasteiger charge is 2.25. The molecule has 4 nitrogen and oxygen atoms in total. The molecular formula is C16H25N3O. The number of imidazole rings is 1. The number of carbonyl (C=O) groups excluding carboxylic acids is 1. The lowest BCUT2D eigenvalue weighted by Gasteiger charge is -2.13. The first kappa shape index (κ1) is 16.2. The van der Waals surface area contributed by atoms with Gasteiger partial charge in [-0.25, -0.2) is 4.98 Å². The van der Waals surface area contributed by atoms with Gasteiger partial charge in [-0.1, -0.05) is 41.5 Å². The fourth-order valence-electron chi connectivity index (χ4n) is 1.49. The number of hydrogen-bond acceptors (Lipinski definition) is 3. The number of nitrogens with one attached hydrogen (secondary N) is 1. The molecule has 1 heterocycles. The summed E-state index contributed by atoms with van der Waals surface area (Å²) in [4.78, 5) is 19.3. The van der Waals surface area contributed by atoms with E-state index in [4.69, 9.17) is 5.73 Å². The molecule has 110 valence electrons. The van der Waals surface area contributed by atoms with Gasteiger partial charge in [0.1, 0.15) is 0 Å². The molecule has 2 aromatic rings. The average Bonchev–Trinajstić information content (AvgIpc) is 2.68. The Bertz CT molecular complexity index is 589. The summed E-state index contributed by atoms with van der Waals surface area (Å²) in [6.45, 7) is 12.1. The lowest BCUT2D eigenvalue weighted by molar-refractivity contribution is 0.0848. The van der Waals surface area contributed by atoms with Crippen LogP contribution in [0.4, 0.5) is 5.69 Å². The zero-order valence-corrected chi connectivity index (χ0v) is 13.2. The molecule has 0 saturated heterocycles. The number of anilines is 1. The Morgan fingerprint density at radius 1 is 1.25 bits per heavy atom. The summed E-state index contributed by atoms with van der Waals surface area (Å²) >= 11 is 0. The van der Waals surface area contributed by atoms with Crippen molar-refractivity contribution in [1.29, 1.82) is 0 Å². The van der Waals surface area contributed by atoms with E-state index in [9.17, 15) is 4.79 Å². The molecule has 0 saturated carbocycles. The number of carbonyl (C=O) groups is 1. The number of aromatic amines is 1. The van der Waals surface area contributed by atoms with Crippen LogP contribution in [0.5, 0.6) is 0 Å². The van der Waals surface area contributed by atoms with E-state index in [2.05, 4.69) is 30.7 Å². The highest BCUT2D eigenvalue weighted by Crippen LogP contribution is 2.22. The molecule has 1 aromatic heterocycles. The lowest BCUT2D eigenvalue weighted by Crippen LogP contribution is -2.21. The summed E-state index contributed by atoms with van der Waals surface area (Å²) < 4.78 is 0. The molecule has 4 heteroatoms. The van der Waals surface area contributed by atoms with Crippen LogP contribution in [0.2, 0.25) is 0 Å². The molecule has 0 radical (unpaired) electrons. The quantitative estimate of drug-likeness (QED) is 0.609. The van der Waals surface area contributed by atoms with E-state index in [1.54, 1.807) is 18.2 Å². The number of ketones is 1. The number of benzene rings is 1. The number of aromatic nitrogens is 2. The van der Waals surface area contributed by atoms with Gasteiger partial charge in [0.15, 0.2) is 5.82 Å². The van der Waals surface area contributed by atoms with Gasteiger partial charge in [-0.3, -0.25) is 4.79 Å². The first-order chi connectivity index (χ1) is 9.11. The van der Waals surface area contributed by atoms with Crippen LogP contribution >= 0.6 is 0 Å². The smallest absolute Gasteiger partial charge is 0.203 e. The van der Waals surface area contributed by atoms with Crippen molar-refractivity contribution < 1.29 is 4.79 Å². The number of H-pyrrole nitrogens is 1. The van der Waals surface area contributed by atoms with E-state index < -0.39 is 5.41 Å². The maximum Gasteiger partial charge on any atom is 0.203 e. The molecule has 0 unspecified atom stereocenters. The normalized spacial score (nSPS) is 11.3. The van der Waals surface area contributed by atoms with Crippen LogP contribution in [0.25, 0.3) is 11.0 Å². The zero-order valence-electron chi connectivity index (χ0n) is 13.2. The third kappa shape index (κ3) is 4.37. The Morgan fingerprint density at radius 2 is 1.80 bits per heavy atom. The minimum atomic E-state index is -0.431. The largest absolute Gasteiger partial charge is 0.399 e. The van der Waals surface area contributed by atoms with Crippen molar-refractivity contribution in [2.75, 3.05) is 5.73 Å². The van der Waals surface area contributed by atoms with Gasteiger partial charge in [0.2, 0.25) is 5.78 Å². The van der Waals surface area contributed by atoms with Crippen LogP contribution in [0, 0.1) is 11.3 Å². The minimum absolute atomic E-state index is 0.00210. The fourth-order valence-corrected chi connectivity index (χ4v) is 1.49. The number of Topliss-reactive ketones (excluding diaryl/α,β-unsaturated/α-hetero) is 1. The summed E-state index contributed by atoms with van der Waals surface area (Å²) in [5.41, 5.74) is 7.45. The van der Waals surface area contributed by atoms with E-state index in [0.717, 1.165) is 17.0 Å². The summed E-state index contributed by atoms with van der Waals surface area (Å²) in [7, 11) is 0. The highest BCUT2D eigenvalue weighted by molar-refractivity contribution is 5.99. The molecule has 0 aliphatic carbocycles. The Hall–Kier alpha value is -1.84. The van der Waals surface area contributed by atoms with Gasteiger partial charge >= 0.3 is 0 Å². The molecule has 2 rings (SSSR count). The molecule has 3 N–H and O–H groups in total. The van der Waals surface area contributed by atoms with E-state index >= 15 is 0 Å². The van der Waals surface area contributed by atoms with Crippen LogP contribution in [0.1, 0.15) is 52.2 Å². The second-order valence-electron chi connectivity index (χ2n) is 6.67. The second kappa shape index (κ2) is 6.07. The number of fused-ring (bicyclic) bond motifs is 1. The van der Waals surface area contributed by atoms with Crippen molar-refractivity contribution in [1.82, 2.24) is 9.97 Å². The molecule has 0 aliphatic heterocycles. The Kier molecular flexibility index (Phi) is 4.93. The summed E-state index contributed by atoms with van der Waals surface area (Å²) in [5, 5.41) is 0. The predicted octanol–water partition coefficient (Wildman–Crippen LogP) is 4.04. The molecule has 0 fully saturated rings. The monoisotopic (exact) mass is 275 g/mol. The van der Waals surface area contributed by atoms with Gasteiger partial charge < -0.3 is 10.7 Å². The molecule has 0 spiro atoms. The third-order valence-electron chi connectivity index (χ3n) is 2.40. The molecule has 0 atom stereocenters. The van der Waals surface area contributed by atoms with Crippen LogP contribution in [-0.2, 0) is 0 Å². The first-order valence-corrected chi connectivity index (χ1v) is 6.91. The number of rotatable bonds is 1. The standard InChI is InChI=1S/C12H15N3O.C4H10/c1-12(2,3)10(16)11-14-8-5-4-7(13)6-9(8)15-11;1-4(2)3/h4-6H,13H2,1-3H3,(H,14,15);4H,1-3H3. The summed E-state index contributed by atoms with van der Waals surface area (Å²) in [6, 6.07) is 5.36. The van der Waals surface area contributed by atoms with Gasteiger partial charge in [-0.2, -0.15) is 0 Å². The maximum absolute atomic E-state index is 12.0. The summed E-state index contributed by atoms with van der Waals surface area (Å²) in [6.07, 6.45) is 0. The third-order valence-corrected chi connectivity index (χ3v) is 2.40. The molecular weight excluding hydrogens is 250 g/mol. The van der Waals surface area contributed by atoms with Gasteiger partial charge in [0, 0.05) is 11.1 Å². The van der Waals surface area contributed by atoms with Crippen molar-refractivity contribution in [3.63, 3.8) is 0 Å². The van der Waals surface area contributed by atoms with Crippen LogP contribution in [-0.4, -0.2) is 15.8 Å². The average molecular weight is 275 g/mol. The van der Waals surface area contributed by atoms with Crippen LogP contribution in [0.15, 0.2) is 18.2 Å². The van der Waals surface area contributed by atoms with Crippen molar-refractivity contribution in [2.45, 2.75) is 41.5 Å². The number of hydrogen-bond donors (Lipinski definition) is 2. The maximum atomic E-state index is 12.0. The van der Waals surface area contributed by atoms with E-state index in [1.807, 2.05) is 20.8 Å². The Balaban J connectivity index is 0.000000444. The Morgan fingerprint density at radius 3 is 2.30 bits per heavy atom. The van der Waals surface area contributed by atoms with Gasteiger partial charge in [-0.05, 0) is 24.1 Å². The van der Waals surface area contributed by atoms with E-state index in [-0.39, 0.29) is 5.78 Å². The predicted molar refractivity (Wildman–Crippen MR) is 84.8 cm³/mol. The first-order valence-electron chi connectivity index (χ1n) is 6.91. The van der Waals surface area contributed by atoms with Crippen molar-refractivity contribution in [3.05, 3.63) is 24.0 Å². The van der Waals surface area contributed by atoms with Gasteiger partial charge in [0.05, 0.1) is 11.0 Å². The molecule has 1 aromatic carbocycles. The number of nitrogens with two attached hydrogens (primary N) is 1. The van der Waals surface area contributed by atoms with Crippen molar-refractivity contribution >= 4 is 22.5 Å². The topological polar surface area (TPSA) is 71.8 Å². The number of nitrogens with zero attached hydrogens (tertiary/aromatic N) is 1. The lowest BCUT2D eigenvalue weighted by atomic mass is 9.90. The Labute approximate surface area is 120 Å². The number of nitrogen functional groups attached to an aromatic ring is 1. The molecule has 0 aliphatic rings. The van der Waals surface area contributed by atoms with E-state index in [1.165, 1.54) is 0 Å². The molecule has 0 amide bonds. The second-order valence-corrected chi connectivity index (χ2v) is 6.67. The van der Waals surface area contributed by atoms with Crippen LogP contribution < -0.4 is 5.73 Å². The van der Waals surface area contributed by atoms with Gasteiger partial charge in [-0.15, -0.1) is 0 Å². The molecule has 0 bridgehead atoms. The SMILES string of the molecule is CC(C)(C)C(=O)c1nc2ccc(N)cc2[nH]1.CC(C)C. The molecule has 20 heavy (non-hydrogen) atoms. The summed E-state index contributed by atoms with van der Waals surface area (Å²) in [5.74, 6) is 1.23. The van der Waals surface area contributed by atoms with Crippen molar-refractivity contribution in [3.8, 4) is 0 Å².